The van der Waals surface area contributed by atoms with Crippen molar-refractivity contribution in [3.8, 4) is 0 Å². The molecular weight excluding hydrogens is 292 g/mol. The average molecular weight is 314 g/mol. The van der Waals surface area contributed by atoms with Gasteiger partial charge >= 0.3 is 0 Å². The summed E-state index contributed by atoms with van der Waals surface area (Å²) in [5.41, 5.74) is 8.78. The van der Waals surface area contributed by atoms with Crippen molar-refractivity contribution >= 4 is 27.3 Å². The van der Waals surface area contributed by atoms with Crippen LogP contribution >= 0.6 is 11.8 Å². The number of benzene rings is 1. The highest BCUT2D eigenvalue weighted by Crippen LogP contribution is 2.24. The van der Waals surface area contributed by atoms with Crippen LogP contribution in [0.1, 0.15) is 18.1 Å². The highest BCUT2D eigenvalue weighted by Gasteiger charge is 2.32. The SMILES string of the molecule is CCS(=O)(=O)C1CSCCN1Cc1ccc(N)c(C)c1. The molecule has 0 amide bonds. The Hall–Kier alpha value is -0.720. The van der Waals surface area contributed by atoms with Crippen LogP contribution in [0.4, 0.5) is 5.69 Å². The Balaban J connectivity index is 2.18. The van der Waals surface area contributed by atoms with E-state index in [1.807, 2.05) is 25.1 Å². The predicted molar refractivity (Wildman–Crippen MR) is 86.6 cm³/mol. The van der Waals surface area contributed by atoms with E-state index in [-0.39, 0.29) is 11.1 Å². The normalized spacial score (nSPS) is 21.0. The molecule has 6 heteroatoms. The maximum absolute atomic E-state index is 12.2. The monoisotopic (exact) mass is 314 g/mol. The Morgan fingerprint density at radius 2 is 2.20 bits per heavy atom. The molecule has 1 unspecified atom stereocenters. The molecule has 2 N–H and O–H groups in total. The first kappa shape index (κ1) is 15.7. The molecule has 20 heavy (non-hydrogen) atoms. The first-order valence-corrected chi connectivity index (χ1v) is 9.69. The molecule has 1 aliphatic heterocycles. The molecule has 0 saturated carbocycles. The minimum Gasteiger partial charge on any atom is -0.399 e. The van der Waals surface area contributed by atoms with E-state index in [0.717, 1.165) is 29.1 Å². The second-order valence-corrected chi connectivity index (χ2v) is 8.74. The molecule has 0 radical (unpaired) electrons. The zero-order valence-electron chi connectivity index (χ0n) is 12.0. The van der Waals surface area contributed by atoms with Crippen molar-refractivity contribution in [1.29, 1.82) is 0 Å². The summed E-state index contributed by atoms with van der Waals surface area (Å²) >= 11 is 1.72. The van der Waals surface area contributed by atoms with Crippen LogP contribution in [0, 0.1) is 6.92 Å². The summed E-state index contributed by atoms with van der Waals surface area (Å²) in [6.45, 7) is 5.19. The fraction of sp³-hybridized carbons (Fsp3) is 0.571. The van der Waals surface area contributed by atoms with Crippen LogP contribution < -0.4 is 5.73 Å². The minimum absolute atomic E-state index is 0.204. The smallest absolute Gasteiger partial charge is 0.166 e. The van der Waals surface area contributed by atoms with E-state index in [0.29, 0.717) is 12.3 Å². The van der Waals surface area contributed by atoms with Gasteiger partial charge in [-0.1, -0.05) is 19.1 Å². The number of hydrogen-bond acceptors (Lipinski definition) is 5. The van der Waals surface area contributed by atoms with Gasteiger partial charge in [-0.2, -0.15) is 11.8 Å². The predicted octanol–water partition coefficient (Wildman–Crippen LogP) is 1.89. The van der Waals surface area contributed by atoms with Gasteiger partial charge in [0.2, 0.25) is 0 Å². The highest BCUT2D eigenvalue weighted by molar-refractivity contribution is 8.01. The Morgan fingerprint density at radius 1 is 1.45 bits per heavy atom. The maximum Gasteiger partial charge on any atom is 0.166 e. The number of rotatable bonds is 4. The second kappa shape index (κ2) is 6.37. The van der Waals surface area contributed by atoms with Gasteiger partial charge in [0.15, 0.2) is 9.84 Å². The second-order valence-electron chi connectivity index (χ2n) is 5.14. The van der Waals surface area contributed by atoms with E-state index in [2.05, 4.69) is 4.90 Å². The maximum atomic E-state index is 12.2. The number of sulfone groups is 1. The summed E-state index contributed by atoms with van der Waals surface area (Å²) in [4.78, 5) is 2.08. The van der Waals surface area contributed by atoms with Gasteiger partial charge in [-0.25, -0.2) is 8.42 Å². The van der Waals surface area contributed by atoms with Gasteiger partial charge in [0.05, 0.1) is 0 Å². The van der Waals surface area contributed by atoms with Crippen molar-refractivity contribution in [2.45, 2.75) is 25.8 Å². The number of nitrogen functional groups attached to an aromatic ring is 1. The molecule has 2 rings (SSSR count). The van der Waals surface area contributed by atoms with E-state index in [1.54, 1.807) is 18.7 Å². The molecule has 0 spiro atoms. The fourth-order valence-corrected chi connectivity index (χ4v) is 5.47. The lowest BCUT2D eigenvalue weighted by Gasteiger charge is -2.34. The number of nitrogens with zero attached hydrogens (tertiary/aromatic N) is 1. The van der Waals surface area contributed by atoms with Crippen LogP contribution in [0.25, 0.3) is 0 Å². The van der Waals surface area contributed by atoms with Crippen LogP contribution in [0.15, 0.2) is 18.2 Å². The van der Waals surface area contributed by atoms with Crippen molar-refractivity contribution < 1.29 is 8.42 Å². The number of hydrogen-bond donors (Lipinski definition) is 1. The molecule has 0 aromatic heterocycles. The Labute approximate surface area is 125 Å². The zero-order valence-corrected chi connectivity index (χ0v) is 13.6. The number of anilines is 1. The summed E-state index contributed by atoms with van der Waals surface area (Å²) < 4.78 is 24.4. The van der Waals surface area contributed by atoms with E-state index in [9.17, 15) is 8.42 Å². The molecule has 1 fully saturated rings. The van der Waals surface area contributed by atoms with Gasteiger partial charge in [0, 0.05) is 36.0 Å². The quantitative estimate of drug-likeness (QED) is 0.860. The summed E-state index contributed by atoms with van der Waals surface area (Å²) in [5.74, 6) is 1.86. The van der Waals surface area contributed by atoms with Gasteiger partial charge in [0.25, 0.3) is 0 Å². The number of thioether (sulfide) groups is 1. The lowest BCUT2D eigenvalue weighted by Crippen LogP contribution is -2.47. The van der Waals surface area contributed by atoms with Gasteiger partial charge < -0.3 is 5.73 Å². The van der Waals surface area contributed by atoms with Crippen molar-refractivity contribution in [3.63, 3.8) is 0 Å². The first-order valence-electron chi connectivity index (χ1n) is 6.82. The molecule has 1 saturated heterocycles. The molecule has 0 aliphatic carbocycles. The average Bonchev–Trinajstić information content (AvgIpc) is 2.43. The molecule has 1 heterocycles. The minimum atomic E-state index is -3.03. The Bertz CT molecular complexity index is 573. The van der Waals surface area contributed by atoms with Crippen LogP contribution in [0.5, 0.6) is 0 Å². The largest absolute Gasteiger partial charge is 0.399 e. The van der Waals surface area contributed by atoms with Crippen molar-refractivity contribution in [2.24, 2.45) is 0 Å². The van der Waals surface area contributed by atoms with Crippen molar-refractivity contribution in [3.05, 3.63) is 29.3 Å². The van der Waals surface area contributed by atoms with Crippen LogP contribution in [-0.2, 0) is 16.4 Å². The third-order valence-corrected chi connectivity index (χ3v) is 7.06. The molecule has 1 aromatic rings. The Morgan fingerprint density at radius 3 is 2.85 bits per heavy atom. The first-order chi connectivity index (χ1) is 9.44. The topological polar surface area (TPSA) is 63.4 Å². The number of nitrogens with two attached hydrogens (primary N) is 1. The lowest BCUT2D eigenvalue weighted by atomic mass is 10.1. The van der Waals surface area contributed by atoms with E-state index in [1.165, 1.54) is 0 Å². The van der Waals surface area contributed by atoms with E-state index < -0.39 is 9.84 Å². The summed E-state index contributed by atoms with van der Waals surface area (Å²) in [5, 5.41) is -0.357. The highest BCUT2D eigenvalue weighted by atomic mass is 32.2. The van der Waals surface area contributed by atoms with Gasteiger partial charge in [-0.15, -0.1) is 0 Å². The van der Waals surface area contributed by atoms with Gasteiger partial charge in [0.1, 0.15) is 5.37 Å². The van der Waals surface area contributed by atoms with Gasteiger partial charge in [-0.05, 0) is 24.1 Å². The van der Waals surface area contributed by atoms with Crippen molar-refractivity contribution in [2.75, 3.05) is 29.5 Å². The third-order valence-electron chi connectivity index (χ3n) is 3.73. The molecular formula is C14H22N2O2S2. The summed E-state index contributed by atoms with van der Waals surface area (Å²) in [6, 6.07) is 5.93. The molecule has 1 atom stereocenters. The zero-order chi connectivity index (χ0) is 14.8. The fourth-order valence-electron chi connectivity index (χ4n) is 2.39. The van der Waals surface area contributed by atoms with Crippen LogP contribution in [0.3, 0.4) is 0 Å². The standard InChI is InChI=1S/C14H22N2O2S2/c1-3-20(17,18)14-10-19-7-6-16(14)9-12-4-5-13(15)11(2)8-12/h4-5,8,14H,3,6-7,9-10,15H2,1-2H3. The lowest BCUT2D eigenvalue weighted by molar-refractivity contribution is 0.261. The van der Waals surface area contributed by atoms with Crippen LogP contribution in [-0.4, -0.2) is 42.5 Å². The summed E-state index contributed by atoms with van der Waals surface area (Å²) in [7, 11) is -3.03. The molecule has 4 nitrogen and oxygen atoms in total. The van der Waals surface area contributed by atoms with Gasteiger partial charge in [-0.3, -0.25) is 4.90 Å². The Kier molecular flexibility index (Phi) is 4.99. The van der Waals surface area contributed by atoms with E-state index in [4.69, 9.17) is 5.73 Å². The molecule has 1 aliphatic rings. The molecule has 1 aromatic carbocycles. The molecule has 0 bridgehead atoms. The van der Waals surface area contributed by atoms with Crippen molar-refractivity contribution in [1.82, 2.24) is 4.90 Å². The van der Waals surface area contributed by atoms with E-state index >= 15 is 0 Å². The summed E-state index contributed by atoms with van der Waals surface area (Å²) in [6.07, 6.45) is 0. The third kappa shape index (κ3) is 3.48. The molecule has 112 valence electrons. The van der Waals surface area contributed by atoms with Crippen LogP contribution in [0.2, 0.25) is 0 Å². The number of aryl methyl sites for hydroxylation is 1.